The van der Waals surface area contributed by atoms with Crippen LogP contribution in [-0.2, 0) is 4.79 Å². The van der Waals surface area contributed by atoms with E-state index in [9.17, 15) is 4.79 Å². The molecule has 2 atom stereocenters. The highest BCUT2D eigenvalue weighted by Gasteiger charge is 2.23. The number of rotatable bonds is 3. The number of carbonyl (C=O) groups is 1. The third kappa shape index (κ3) is 4.20. The second-order valence-electron chi connectivity index (χ2n) is 7.06. The molecule has 0 aliphatic heterocycles. The van der Waals surface area contributed by atoms with Crippen molar-refractivity contribution in [3.63, 3.8) is 0 Å². The van der Waals surface area contributed by atoms with Gasteiger partial charge in [0.15, 0.2) is 0 Å². The van der Waals surface area contributed by atoms with E-state index < -0.39 is 0 Å². The van der Waals surface area contributed by atoms with Crippen LogP contribution < -0.4 is 4.74 Å². The number of benzene rings is 1. The Morgan fingerprint density at radius 2 is 1.86 bits per heavy atom. The van der Waals surface area contributed by atoms with E-state index in [1.165, 1.54) is 5.56 Å². The van der Waals surface area contributed by atoms with Crippen molar-refractivity contribution >= 4 is 5.97 Å². The summed E-state index contributed by atoms with van der Waals surface area (Å²) in [5, 5.41) is 0. The van der Waals surface area contributed by atoms with E-state index in [4.69, 9.17) is 4.74 Å². The Balaban J connectivity index is 1.99. The van der Waals surface area contributed by atoms with Gasteiger partial charge >= 0.3 is 5.97 Å². The molecule has 0 saturated heterocycles. The van der Waals surface area contributed by atoms with E-state index in [-0.39, 0.29) is 17.3 Å². The molecular weight excluding hydrogens is 260 g/mol. The average Bonchev–Trinajstić information content (AvgIpc) is 2.47. The SMILES string of the molecule is CC(c1ccc(OC(=O)C2CC=CCC2)cc1)C(C)(C)C. The third-order valence-corrected chi connectivity index (χ3v) is 4.50. The van der Waals surface area contributed by atoms with Gasteiger partial charge in [-0.25, -0.2) is 0 Å². The van der Waals surface area contributed by atoms with Gasteiger partial charge in [-0.3, -0.25) is 4.79 Å². The number of ether oxygens (including phenoxy) is 1. The summed E-state index contributed by atoms with van der Waals surface area (Å²) in [5.74, 6) is 1.03. The van der Waals surface area contributed by atoms with Crippen molar-refractivity contribution in [2.75, 3.05) is 0 Å². The molecule has 0 heterocycles. The number of hydrogen-bond acceptors (Lipinski definition) is 2. The van der Waals surface area contributed by atoms with Crippen molar-refractivity contribution in [1.29, 1.82) is 0 Å². The molecule has 0 radical (unpaired) electrons. The van der Waals surface area contributed by atoms with Crippen LogP contribution in [-0.4, -0.2) is 5.97 Å². The summed E-state index contributed by atoms with van der Waals surface area (Å²) < 4.78 is 5.50. The smallest absolute Gasteiger partial charge is 0.314 e. The Kier molecular flexibility index (Phi) is 4.87. The lowest BCUT2D eigenvalue weighted by Crippen LogP contribution is -2.21. The molecule has 2 rings (SSSR count). The van der Waals surface area contributed by atoms with Crippen LogP contribution >= 0.6 is 0 Å². The first-order chi connectivity index (χ1) is 9.88. The molecule has 0 spiro atoms. The van der Waals surface area contributed by atoms with Crippen molar-refractivity contribution < 1.29 is 9.53 Å². The topological polar surface area (TPSA) is 26.3 Å². The van der Waals surface area contributed by atoms with E-state index in [1.807, 2.05) is 12.1 Å². The summed E-state index contributed by atoms with van der Waals surface area (Å²) in [7, 11) is 0. The highest BCUT2D eigenvalue weighted by Crippen LogP contribution is 2.35. The molecule has 0 fully saturated rings. The molecule has 2 unspecified atom stereocenters. The van der Waals surface area contributed by atoms with Crippen molar-refractivity contribution in [1.82, 2.24) is 0 Å². The van der Waals surface area contributed by atoms with Gasteiger partial charge in [0.1, 0.15) is 5.75 Å². The van der Waals surface area contributed by atoms with E-state index in [2.05, 4.69) is 52.0 Å². The van der Waals surface area contributed by atoms with Crippen LogP contribution in [0.5, 0.6) is 5.75 Å². The molecular formula is C19H26O2. The van der Waals surface area contributed by atoms with Crippen LogP contribution in [0.15, 0.2) is 36.4 Å². The minimum absolute atomic E-state index is 0.0168. The highest BCUT2D eigenvalue weighted by atomic mass is 16.5. The van der Waals surface area contributed by atoms with Crippen LogP contribution in [0.4, 0.5) is 0 Å². The van der Waals surface area contributed by atoms with Crippen LogP contribution in [0.25, 0.3) is 0 Å². The predicted octanol–water partition coefficient (Wildman–Crippen LogP) is 5.10. The molecule has 1 aliphatic rings. The molecule has 0 N–H and O–H groups in total. The van der Waals surface area contributed by atoms with Crippen LogP contribution in [0.2, 0.25) is 0 Å². The second-order valence-corrected chi connectivity index (χ2v) is 7.06. The monoisotopic (exact) mass is 286 g/mol. The number of carbonyl (C=O) groups excluding carboxylic acids is 1. The van der Waals surface area contributed by atoms with Crippen LogP contribution in [0.1, 0.15) is 58.4 Å². The molecule has 0 saturated carbocycles. The molecule has 1 aromatic carbocycles. The molecule has 114 valence electrons. The van der Waals surface area contributed by atoms with Crippen LogP contribution in [0, 0.1) is 11.3 Å². The predicted molar refractivity (Wildman–Crippen MR) is 86.4 cm³/mol. The summed E-state index contributed by atoms with van der Waals surface area (Å²) in [5.41, 5.74) is 1.51. The van der Waals surface area contributed by atoms with Crippen molar-refractivity contribution in [2.45, 2.75) is 52.9 Å². The summed E-state index contributed by atoms with van der Waals surface area (Å²) in [6.45, 7) is 8.95. The van der Waals surface area contributed by atoms with Gasteiger partial charge in [-0.05, 0) is 48.3 Å². The van der Waals surface area contributed by atoms with Gasteiger partial charge in [-0.2, -0.15) is 0 Å². The molecule has 2 heteroatoms. The normalized spacial score (nSPS) is 20.1. The molecule has 1 aromatic rings. The molecule has 1 aliphatic carbocycles. The first-order valence-corrected chi connectivity index (χ1v) is 7.84. The Morgan fingerprint density at radius 3 is 2.38 bits per heavy atom. The van der Waals surface area contributed by atoms with Gasteiger partial charge in [0, 0.05) is 0 Å². The summed E-state index contributed by atoms with van der Waals surface area (Å²) in [4.78, 5) is 12.1. The molecule has 0 bridgehead atoms. The Morgan fingerprint density at radius 1 is 1.19 bits per heavy atom. The zero-order valence-corrected chi connectivity index (χ0v) is 13.6. The molecule has 2 nitrogen and oxygen atoms in total. The van der Waals surface area contributed by atoms with Gasteiger partial charge in [0.25, 0.3) is 0 Å². The van der Waals surface area contributed by atoms with Gasteiger partial charge < -0.3 is 4.74 Å². The zero-order valence-electron chi connectivity index (χ0n) is 13.6. The zero-order chi connectivity index (χ0) is 15.5. The lowest BCUT2D eigenvalue weighted by atomic mass is 9.78. The maximum atomic E-state index is 12.1. The fourth-order valence-electron chi connectivity index (χ4n) is 2.53. The number of hydrogen-bond donors (Lipinski definition) is 0. The minimum Gasteiger partial charge on any atom is -0.426 e. The van der Waals surface area contributed by atoms with Gasteiger partial charge in [0.05, 0.1) is 5.92 Å². The van der Waals surface area contributed by atoms with Crippen molar-refractivity contribution in [3.05, 3.63) is 42.0 Å². The minimum atomic E-state index is -0.101. The van der Waals surface area contributed by atoms with E-state index in [1.54, 1.807) is 0 Å². The lowest BCUT2D eigenvalue weighted by molar-refractivity contribution is -0.139. The quantitative estimate of drug-likeness (QED) is 0.439. The largest absolute Gasteiger partial charge is 0.426 e. The second kappa shape index (κ2) is 6.46. The third-order valence-electron chi connectivity index (χ3n) is 4.50. The van der Waals surface area contributed by atoms with E-state index >= 15 is 0 Å². The van der Waals surface area contributed by atoms with E-state index in [0.717, 1.165) is 19.3 Å². The highest BCUT2D eigenvalue weighted by molar-refractivity contribution is 5.75. The maximum absolute atomic E-state index is 12.1. The maximum Gasteiger partial charge on any atom is 0.314 e. The molecule has 0 aromatic heterocycles. The van der Waals surface area contributed by atoms with Crippen LogP contribution in [0.3, 0.4) is 0 Å². The summed E-state index contributed by atoms with van der Waals surface area (Å²) in [6, 6.07) is 7.96. The molecule has 21 heavy (non-hydrogen) atoms. The Bertz CT molecular complexity index is 505. The fraction of sp³-hybridized carbons (Fsp3) is 0.526. The molecule has 0 amide bonds. The summed E-state index contributed by atoms with van der Waals surface area (Å²) >= 11 is 0. The first kappa shape index (κ1) is 15.8. The van der Waals surface area contributed by atoms with Crippen molar-refractivity contribution in [3.8, 4) is 5.75 Å². The average molecular weight is 286 g/mol. The van der Waals surface area contributed by atoms with E-state index in [0.29, 0.717) is 11.7 Å². The number of esters is 1. The van der Waals surface area contributed by atoms with Crippen molar-refractivity contribution in [2.24, 2.45) is 11.3 Å². The lowest BCUT2D eigenvalue weighted by Gasteiger charge is -2.27. The Hall–Kier alpha value is -1.57. The van der Waals surface area contributed by atoms with Gasteiger partial charge in [0.2, 0.25) is 0 Å². The fourth-order valence-corrected chi connectivity index (χ4v) is 2.53. The standard InChI is InChI=1S/C19H26O2/c1-14(19(2,3)4)15-10-12-17(13-11-15)21-18(20)16-8-6-5-7-9-16/h5-6,10-14,16H,7-9H2,1-4H3. The summed E-state index contributed by atoms with van der Waals surface area (Å²) in [6.07, 6.45) is 6.88. The van der Waals surface area contributed by atoms with Gasteiger partial charge in [-0.15, -0.1) is 0 Å². The van der Waals surface area contributed by atoms with Gasteiger partial charge in [-0.1, -0.05) is 52.0 Å². The number of allylic oxidation sites excluding steroid dienone is 2. The Labute approximate surface area is 128 Å². The first-order valence-electron chi connectivity index (χ1n) is 7.84.